The fraction of sp³-hybridized carbons (Fsp3) is 0.562. The van der Waals surface area contributed by atoms with Gasteiger partial charge in [0.25, 0.3) is 5.91 Å². The number of aliphatic hydroxyl groups is 1. The Morgan fingerprint density at radius 2 is 2.00 bits per heavy atom. The maximum atomic E-state index is 12.8. The lowest BCUT2D eigenvalue weighted by Crippen LogP contribution is -2.44. The van der Waals surface area contributed by atoms with Gasteiger partial charge in [0.2, 0.25) is 10.0 Å². The topological polar surface area (TPSA) is 110 Å². The van der Waals surface area contributed by atoms with Crippen molar-refractivity contribution in [2.45, 2.75) is 36.2 Å². The number of benzene rings is 1. The van der Waals surface area contributed by atoms with E-state index in [4.69, 9.17) is 10.5 Å². The zero-order valence-electron chi connectivity index (χ0n) is 13.3. The van der Waals surface area contributed by atoms with Gasteiger partial charge in [-0.1, -0.05) is 0 Å². The molecule has 1 aromatic carbocycles. The number of ether oxygens (including phenoxy) is 1. The van der Waals surface area contributed by atoms with E-state index in [1.165, 1.54) is 28.6 Å². The van der Waals surface area contributed by atoms with Crippen molar-refractivity contribution in [1.82, 2.24) is 4.31 Å². The number of rotatable bonds is 6. The number of nitrogens with zero attached hydrogens (tertiary/aromatic N) is 1. The van der Waals surface area contributed by atoms with Crippen molar-refractivity contribution < 1.29 is 23.1 Å². The van der Waals surface area contributed by atoms with E-state index in [1.54, 1.807) is 0 Å². The molecule has 0 radical (unpaired) electrons. The highest BCUT2D eigenvalue weighted by Gasteiger charge is 2.49. The summed E-state index contributed by atoms with van der Waals surface area (Å²) in [6.07, 6.45) is 3.14. The van der Waals surface area contributed by atoms with Crippen molar-refractivity contribution in [2.24, 2.45) is 11.7 Å². The van der Waals surface area contributed by atoms with E-state index in [2.05, 4.69) is 0 Å². The van der Waals surface area contributed by atoms with Crippen LogP contribution in [0.2, 0.25) is 0 Å². The molecular formula is C16H22N2O5S. The van der Waals surface area contributed by atoms with Crippen LogP contribution in [-0.4, -0.2) is 49.0 Å². The Balaban J connectivity index is 1.71. The molecule has 1 aliphatic carbocycles. The monoisotopic (exact) mass is 354 g/mol. The molecule has 1 heterocycles. The summed E-state index contributed by atoms with van der Waals surface area (Å²) in [5.74, 6) is -0.195. The molecule has 132 valence electrons. The number of sulfonamides is 1. The predicted octanol–water partition coefficient (Wildman–Crippen LogP) is 0.476. The normalized spacial score (nSPS) is 23.6. The number of hydrogen-bond acceptors (Lipinski definition) is 5. The van der Waals surface area contributed by atoms with Gasteiger partial charge in [-0.2, -0.15) is 4.31 Å². The van der Waals surface area contributed by atoms with Gasteiger partial charge in [-0.3, -0.25) is 4.79 Å². The molecule has 1 aliphatic heterocycles. The minimum atomic E-state index is -3.60. The van der Waals surface area contributed by atoms with Crippen LogP contribution in [0.5, 0.6) is 5.75 Å². The quantitative estimate of drug-likeness (QED) is 0.772. The van der Waals surface area contributed by atoms with Gasteiger partial charge >= 0.3 is 0 Å². The first-order valence-corrected chi connectivity index (χ1v) is 9.49. The minimum Gasteiger partial charge on any atom is -0.484 e. The molecule has 2 fully saturated rings. The third kappa shape index (κ3) is 3.55. The van der Waals surface area contributed by atoms with Gasteiger partial charge in [0, 0.05) is 19.0 Å². The van der Waals surface area contributed by atoms with E-state index in [1.807, 2.05) is 0 Å². The van der Waals surface area contributed by atoms with Crippen LogP contribution < -0.4 is 10.5 Å². The van der Waals surface area contributed by atoms with Gasteiger partial charge in [-0.15, -0.1) is 0 Å². The Labute approximate surface area is 141 Å². The molecule has 0 bridgehead atoms. The molecule has 1 unspecified atom stereocenters. The highest BCUT2D eigenvalue weighted by molar-refractivity contribution is 7.89. The summed E-state index contributed by atoms with van der Waals surface area (Å²) in [6, 6.07) is 5.93. The summed E-state index contributed by atoms with van der Waals surface area (Å²) in [5.41, 5.74) is 4.34. The first-order chi connectivity index (χ1) is 11.3. The SMILES string of the molecule is NC(=O)COc1ccc(S(=O)(=O)N2CCCC(C3(O)CC3)C2)cc1. The molecule has 2 aliphatic rings. The lowest BCUT2D eigenvalue weighted by molar-refractivity contribution is -0.119. The lowest BCUT2D eigenvalue weighted by Gasteiger charge is -2.34. The molecule has 1 atom stereocenters. The van der Waals surface area contributed by atoms with Crippen molar-refractivity contribution in [2.75, 3.05) is 19.7 Å². The molecule has 0 aromatic heterocycles. The van der Waals surface area contributed by atoms with Crippen LogP contribution in [0.1, 0.15) is 25.7 Å². The summed E-state index contributed by atoms with van der Waals surface area (Å²) < 4.78 is 32.2. The van der Waals surface area contributed by atoms with Crippen molar-refractivity contribution in [3.05, 3.63) is 24.3 Å². The van der Waals surface area contributed by atoms with Crippen LogP contribution in [0.3, 0.4) is 0 Å². The third-order valence-electron chi connectivity index (χ3n) is 4.75. The largest absolute Gasteiger partial charge is 0.484 e. The summed E-state index contributed by atoms with van der Waals surface area (Å²) in [4.78, 5) is 10.9. The predicted molar refractivity (Wildman–Crippen MR) is 86.8 cm³/mol. The third-order valence-corrected chi connectivity index (χ3v) is 6.63. The van der Waals surface area contributed by atoms with Crippen molar-refractivity contribution in [1.29, 1.82) is 0 Å². The van der Waals surface area contributed by atoms with Crippen molar-refractivity contribution >= 4 is 15.9 Å². The van der Waals surface area contributed by atoms with Crippen molar-refractivity contribution in [3.63, 3.8) is 0 Å². The number of carbonyl (C=O) groups excluding carboxylic acids is 1. The number of nitrogens with two attached hydrogens (primary N) is 1. The molecule has 1 aromatic rings. The molecule has 1 amide bonds. The highest BCUT2D eigenvalue weighted by Crippen LogP contribution is 2.46. The molecule has 1 saturated carbocycles. The lowest BCUT2D eigenvalue weighted by atomic mass is 9.92. The van der Waals surface area contributed by atoms with E-state index in [9.17, 15) is 18.3 Å². The maximum absolute atomic E-state index is 12.8. The first-order valence-electron chi connectivity index (χ1n) is 8.05. The Kier molecular flexibility index (Phi) is 4.54. The van der Waals surface area contributed by atoms with Gasteiger partial charge in [-0.25, -0.2) is 8.42 Å². The summed E-state index contributed by atoms with van der Waals surface area (Å²) in [5, 5.41) is 10.3. The highest BCUT2D eigenvalue weighted by atomic mass is 32.2. The fourth-order valence-electron chi connectivity index (χ4n) is 3.15. The molecule has 24 heavy (non-hydrogen) atoms. The van der Waals surface area contributed by atoms with Crippen LogP contribution in [0.15, 0.2) is 29.2 Å². The standard InChI is InChI=1S/C16H22N2O5S/c17-15(19)11-23-13-3-5-14(6-4-13)24(21,22)18-9-1-2-12(10-18)16(20)7-8-16/h3-6,12,20H,1-2,7-11H2,(H2,17,19). The van der Waals surface area contributed by atoms with Gasteiger partial charge in [0.1, 0.15) is 5.75 Å². The van der Waals surface area contributed by atoms with Crippen LogP contribution in [-0.2, 0) is 14.8 Å². The molecule has 3 rings (SSSR count). The maximum Gasteiger partial charge on any atom is 0.255 e. The number of piperidine rings is 1. The second-order valence-corrected chi connectivity index (χ2v) is 8.47. The molecule has 1 saturated heterocycles. The fourth-order valence-corrected chi connectivity index (χ4v) is 4.67. The van der Waals surface area contributed by atoms with Crippen molar-refractivity contribution in [3.8, 4) is 5.75 Å². The first kappa shape index (κ1) is 17.2. The molecule has 3 N–H and O–H groups in total. The van der Waals surface area contributed by atoms with E-state index in [-0.39, 0.29) is 17.4 Å². The summed E-state index contributed by atoms with van der Waals surface area (Å²) >= 11 is 0. The zero-order valence-corrected chi connectivity index (χ0v) is 14.2. The molecule has 8 heteroatoms. The van der Waals surface area contributed by atoms with Gasteiger partial charge in [0.15, 0.2) is 6.61 Å². The van der Waals surface area contributed by atoms with Crippen LogP contribution >= 0.6 is 0 Å². The second kappa shape index (κ2) is 6.34. The van der Waals surface area contributed by atoms with Gasteiger partial charge < -0.3 is 15.6 Å². The molecule has 0 spiro atoms. The van der Waals surface area contributed by atoms with E-state index in [0.29, 0.717) is 18.8 Å². The number of carbonyl (C=O) groups is 1. The number of primary amides is 1. The van der Waals surface area contributed by atoms with E-state index in [0.717, 1.165) is 25.7 Å². The second-order valence-electron chi connectivity index (χ2n) is 6.53. The smallest absolute Gasteiger partial charge is 0.255 e. The van der Waals surface area contributed by atoms with Crippen LogP contribution in [0.25, 0.3) is 0 Å². The average Bonchev–Trinajstić information content (AvgIpc) is 3.32. The Morgan fingerprint density at radius 3 is 2.58 bits per heavy atom. The zero-order chi connectivity index (χ0) is 17.4. The molecular weight excluding hydrogens is 332 g/mol. The Bertz CT molecular complexity index is 712. The number of hydrogen-bond donors (Lipinski definition) is 2. The Morgan fingerprint density at radius 1 is 1.33 bits per heavy atom. The summed E-state index contributed by atoms with van der Waals surface area (Å²) in [6.45, 7) is 0.575. The van der Waals surface area contributed by atoms with E-state index >= 15 is 0 Å². The van der Waals surface area contributed by atoms with Gasteiger partial charge in [-0.05, 0) is 49.9 Å². The molecule has 7 nitrogen and oxygen atoms in total. The van der Waals surface area contributed by atoms with E-state index < -0.39 is 21.5 Å². The minimum absolute atomic E-state index is 0.0131. The van der Waals surface area contributed by atoms with Gasteiger partial charge in [0.05, 0.1) is 10.5 Å². The average molecular weight is 354 g/mol. The number of amides is 1. The van der Waals surface area contributed by atoms with Crippen LogP contribution in [0, 0.1) is 5.92 Å². The van der Waals surface area contributed by atoms with Crippen LogP contribution in [0.4, 0.5) is 0 Å². The summed E-state index contributed by atoms with van der Waals surface area (Å²) in [7, 11) is -3.60. The Hall–Kier alpha value is -1.64.